The number of carbonyl (C=O) groups excluding carboxylic acids is 1. The predicted molar refractivity (Wildman–Crippen MR) is 116 cm³/mol. The number of piperidine rings is 1. The van der Waals surface area contributed by atoms with E-state index in [1.807, 2.05) is 0 Å². The smallest absolute Gasteiger partial charge is 0.260 e. The van der Waals surface area contributed by atoms with Gasteiger partial charge in [-0.15, -0.1) is 0 Å². The van der Waals surface area contributed by atoms with E-state index in [9.17, 15) is 13.6 Å². The summed E-state index contributed by atoms with van der Waals surface area (Å²) in [5.74, 6) is -1.82. The van der Waals surface area contributed by atoms with Crippen LogP contribution in [-0.4, -0.2) is 49.0 Å². The van der Waals surface area contributed by atoms with Crippen LogP contribution >= 0.6 is 0 Å². The molecule has 2 heterocycles. The van der Waals surface area contributed by atoms with Crippen molar-refractivity contribution in [3.8, 4) is 5.75 Å². The van der Waals surface area contributed by atoms with Crippen LogP contribution in [0.3, 0.4) is 0 Å². The molecule has 2 saturated carbocycles. The Labute approximate surface area is 183 Å². The molecule has 1 N–H and O–H groups in total. The third-order valence-electron chi connectivity index (χ3n) is 8.00. The van der Waals surface area contributed by atoms with Crippen LogP contribution in [0.15, 0.2) is 18.2 Å². The summed E-state index contributed by atoms with van der Waals surface area (Å²) in [5.41, 5.74) is 2.95. The fourth-order valence-electron chi connectivity index (χ4n) is 5.86. The lowest BCUT2D eigenvalue weighted by Crippen LogP contribution is -2.40. The van der Waals surface area contributed by atoms with E-state index in [-0.39, 0.29) is 12.5 Å². The molecule has 0 spiro atoms. The number of fused-ring (bicyclic) bond motifs is 1. The molecule has 0 aromatic heterocycles. The Morgan fingerprint density at radius 2 is 1.87 bits per heavy atom. The number of nitrogens with one attached hydrogen (secondary N) is 1. The van der Waals surface area contributed by atoms with Crippen LogP contribution < -0.4 is 10.1 Å². The zero-order valence-corrected chi connectivity index (χ0v) is 18.3. The monoisotopic (exact) mass is 432 g/mol. The molecule has 31 heavy (non-hydrogen) atoms. The summed E-state index contributed by atoms with van der Waals surface area (Å²) in [5, 5.41) is 2.86. The van der Waals surface area contributed by atoms with Gasteiger partial charge in [0.25, 0.3) is 5.92 Å². The lowest BCUT2D eigenvalue weighted by atomic mass is 9.83. The molecule has 2 aliphatic carbocycles. The maximum absolute atomic E-state index is 13.0. The van der Waals surface area contributed by atoms with Crippen molar-refractivity contribution in [3.05, 3.63) is 29.3 Å². The van der Waals surface area contributed by atoms with Crippen LogP contribution in [0.5, 0.6) is 5.75 Å². The van der Waals surface area contributed by atoms with Gasteiger partial charge in [-0.05, 0) is 88.0 Å². The number of rotatable bonds is 6. The lowest BCUT2D eigenvalue weighted by Gasteiger charge is -2.35. The minimum absolute atomic E-state index is 0.0903. The molecule has 2 aliphatic heterocycles. The molecule has 1 saturated heterocycles. The average Bonchev–Trinajstić information content (AvgIpc) is 3.18. The van der Waals surface area contributed by atoms with Gasteiger partial charge in [0.05, 0.1) is 6.61 Å². The molecular formula is C25H34F2N2O2. The van der Waals surface area contributed by atoms with Gasteiger partial charge < -0.3 is 15.0 Å². The Hall–Kier alpha value is -1.69. The van der Waals surface area contributed by atoms with Gasteiger partial charge in [0.15, 0.2) is 0 Å². The van der Waals surface area contributed by atoms with Crippen molar-refractivity contribution in [3.63, 3.8) is 0 Å². The second-order valence-electron chi connectivity index (χ2n) is 10.1. The van der Waals surface area contributed by atoms with E-state index in [0.717, 1.165) is 64.1 Å². The highest BCUT2D eigenvalue weighted by Gasteiger charge is 2.61. The van der Waals surface area contributed by atoms with Crippen molar-refractivity contribution in [1.29, 1.82) is 0 Å². The fourth-order valence-corrected chi connectivity index (χ4v) is 5.86. The molecule has 0 bridgehead atoms. The highest BCUT2D eigenvalue weighted by atomic mass is 19.3. The molecule has 1 atom stereocenters. The van der Waals surface area contributed by atoms with Crippen LogP contribution in [0.1, 0.15) is 68.4 Å². The van der Waals surface area contributed by atoms with Crippen molar-refractivity contribution < 1.29 is 18.3 Å². The summed E-state index contributed by atoms with van der Waals surface area (Å²) < 4.78 is 31.8. The van der Waals surface area contributed by atoms with Gasteiger partial charge in [0, 0.05) is 24.4 Å². The summed E-state index contributed by atoms with van der Waals surface area (Å²) in [6.07, 6.45) is 8.49. The predicted octanol–water partition coefficient (Wildman–Crippen LogP) is 4.52. The SMILES string of the molecule is O=C(N[C@H]1CC[C@H](CCN2CCC(c3cccc4c3CCO4)CC2)CC1)C1CC1(F)F. The molecule has 4 aliphatic rings. The first-order chi connectivity index (χ1) is 15.0. The lowest BCUT2D eigenvalue weighted by molar-refractivity contribution is -0.125. The molecule has 6 heteroatoms. The number of ether oxygens (including phenoxy) is 1. The molecule has 0 radical (unpaired) electrons. The number of benzene rings is 1. The zero-order valence-electron chi connectivity index (χ0n) is 18.3. The fraction of sp³-hybridized carbons (Fsp3) is 0.720. The minimum Gasteiger partial charge on any atom is -0.493 e. The number of hydrogen-bond donors (Lipinski definition) is 1. The Balaban J connectivity index is 1.01. The van der Waals surface area contributed by atoms with Crippen molar-refractivity contribution in [2.75, 3.05) is 26.2 Å². The first-order valence-electron chi connectivity index (χ1n) is 12.1. The summed E-state index contributed by atoms with van der Waals surface area (Å²) in [7, 11) is 0. The van der Waals surface area contributed by atoms with Gasteiger partial charge in [-0.3, -0.25) is 4.79 Å². The van der Waals surface area contributed by atoms with E-state index >= 15 is 0 Å². The van der Waals surface area contributed by atoms with Crippen molar-refractivity contribution in [2.24, 2.45) is 11.8 Å². The van der Waals surface area contributed by atoms with Crippen molar-refractivity contribution in [1.82, 2.24) is 10.2 Å². The molecule has 1 aromatic carbocycles. The number of carbonyl (C=O) groups is 1. The first-order valence-corrected chi connectivity index (χ1v) is 12.1. The van der Waals surface area contributed by atoms with E-state index in [0.29, 0.717) is 11.8 Å². The summed E-state index contributed by atoms with van der Waals surface area (Å²) >= 11 is 0. The summed E-state index contributed by atoms with van der Waals surface area (Å²) in [6, 6.07) is 6.63. The van der Waals surface area contributed by atoms with Crippen molar-refractivity contribution in [2.45, 2.75) is 75.7 Å². The Kier molecular flexibility index (Phi) is 5.93. The standard InChI is InChI=1S/C25H34F2N2O2/c26-25(27)16-22(25)24(30)28-19-6-4-17(5-7-19)8-12-29-13-9-18(10-14-29)20-2-1-3-23-21(20)11-15-31-23/h1-3,17-19,22H,4-16H2,(H,28,30)/t17-,19-,22?. The van der Waals surface area contributed by atoms with Gasteiger partial charge in [-0.1, -0.05) is 12.1 Å². The van der Waals surface area contributed by atoms with Crippen LogP contribution in [-0.2, 0) is 11.2 Å². The zero-order chi connectivity index (χ0) is 21.4. The van der Waals surface area contributed by atoms with Crippen molar-refractivity contribution >= 4 is 5.91 Å². The van der Waals surface area contributed by atoms with Gasteiger partial charge >= 0.3 is 0 Å². The van der Waals surface area contributed by atoms with E-state index in [4.69, 9.17) is 4.74 Å². The maximum Gasteiger partial charge on any atom is 0.260 e. The Morgan fingerprint density at radius 3 is 2.58 bits per heavy atom. The normalized spacial score (nSPS) is 30.5. The third-order valence-corrected chi connectivity index (χ3v) is 8.00. The number of likely N-dealkylation sites (tertiary alicyclic amines) is 1. The average molecular weight is 433 g/mol. The van der Waals surface area contributed by atoms with E-state index in [1.165, 1.54) is 30.4 Å². The molecule has 170 valence electrons. The number of alkyl halides is 2. The second kappa shape index (κ2) is 8.68. The number of hydrogen-bond acceptors (Lipinski definition) is 3. The van der Waals surface area contributed by atoms with Gasteiger partial charge in [0.2, 0.25) is 5.91 Å². The molecule has 1 amide bonds. The third kappa shape index (κ3) is 4.74. The van der Waals surface area contributed by atoms with Crippen LogP contribution in [0, 0.1) is 11.8 Å². The summed E-state index contributed by atoms with van der Waals surface area (Å²) in [6.45, 7) is 4.30. The summed E-state index contributed by atoms with van der Waals surface area (Å²) in [4.78, 5) is 14.5. The quantitative estimate of drug-likeness (QED) is 0.719. The van der Waals surface area contributed by atoms with E-state index in [1.54, 1.807) is 0 Å². The van der Waals surface area contributed by atoms with E-state index < -0.39 is 17.7 Å². The minimum atomic E-state index is -2.76. The Morgan fingerprint density at radius 1 is 1.13 bits per heavy atom. The van der Waals surface area contributed by atoms with Crippen LogP contribution in [0.25, 0.3) is 0 Å². The van der Waals surface area contributed by atoms with Gasteiger partial charge in [-0.2, -0.15) is 0 Å². The number of nitrogens with zero attached hydrogens (tertiary/aromatic N) is 1. The van der Waals surface area contributed by atoms with E-state index in [2.05, 4.69) is 28.4 Å². The molecular weight excluding hydrogens is 398 g/mol. The van der Waals surface area contributed by atoms with Gasteiger partial charge in [0.1, 0.15) is 11.7 Å². The second-order valence-corrected chi connectivity index (χ2v) is 10.1. The largest absolute Gasteiger partial charge is 0.493 e. The Bertz CT molecular complexity index is 799. The van der Waals surface area contributed by atoms with Crippen LogP contribution in [0.4, 0.5) is 8.78 Å². The highest BCUT2D eigenvalue weighted by molar-refractivity contribution is 5.83. The number of halogens is 2. The molecule has 5 rings (SSSR count). The topological polar surface area (TPSA) is 41.6 Å². The maximum atomic E-state index is 13.0. The van der Waals surface area contributed by atoms with Crippen LogP contribution in [0.2, 0.25) is 0 Å². The molecule has 4 nitrogen and oxygen atoms in total. The molecule has 1 unspecified atom stereocenters. The number of amides is 1. The highest BCUT2D eigenvalue weighted by Crippen LogP contribution is 2.48. The first kappa shape index (κ1) is 21.2. The van der Waals surface area contributed by atoms with Gasteiger partial charge in [-0.25, -0.2) is 8.78 Å². The molecule has 1 aromatic rings. The molecule has 3 fully saturated rings.